The molecule has 1 aromatic heterocycles. The van der Waals surface area contributed by atoms with Crippen molar-refractivity contribution in [1.29, 1.82) is 5.26 Å². The number of rotatable bonds is 3. The third-order valence-corrected chi connectivity index (χ3v) is 2.46. The van der Waals surface area contributed by atoms with E-state index >= 15 is 0 Å². The van der Waals surface area contributed by atoms with E-state index in [4.69, 9.17) is 21.6 Å². The molecule has 18 heavy (non-hydrogen) atoms. The van der Waals surface area contributed by atoms with Crippen LogP contribution in [0, 0.1) is 17.1 Å². The Bertz CT molecular complexity index is 610. The Kier molecular flexibility index (Phi) is 3.75. The lowest BCUT2D eigenvalue weighted by molar-refractivity contribution is 0.298. The number of ether oxygens (including phenoxy) is 1. The lowest BCUT2D eigenvalue weighted by Crippen LogP contribution is -1.99. The standard InChI is InChI=1S/C13H8ClFN2O/c14-11-4-12(7-17-6-11)18-8-10-3-9(5-16)1-2-13(10)15/h1-4,6-7H,8H2. The van der Waals surface area contributed by atoms with Crippen molar-refractivity contribution in [2.24, 2.45) is 0 Å². The lowest BCUT2D eigenvalue weighted by Gasteiger charge is -2.07. The van der Waals surface area contributed by atoms with Crippen LogP contribution in [0.1, 0.15) is 11.1 Å². The average molecular weight is 263 g/mol. The summed E-state index contributed by atoms with van der Waals surface area (Å²) < 4.78 is 18.8. The van der Waals surface area contributed by atoms with Gasteiger partial charge in [0.05, 0.1) is 22.9 Å². The largest absolute Gasteiger partial charge is 0.487 e. The molecule has 2 rings (SSSR count). The number of nitriles is 1. The van der Waals surface area contributed by atoms with Gasteiger partial charge in [0.15, 0.2) is 0 Å². The molecular formula is C13H8ClFN2O. The summed E-state index contributed by atoms with van der Waals surface area (Å²) >= 11 is 5.75. The Morgan fingerprint density at radius 2 is 2.17 bits per heavy atom. The zero-order valence-corrected chi connectivity index (χ0v) is 9.99. The van der Waals surface area contributed by atoms with E-state index in [0.717, 1.165) is 0 Å². The highest BCUT2D eigenvalue weighted by atomic mass is 35.5. The van der Waals surface area contributed by atoms with Gasteiger partial charge in [-0.2, -0.15) is 5.26 Å². The van der Waals surface area contributed by atoms with Crippen molar-refractivity contribution >= 4 is 11.6 Å². The minimum absolute atomic E-state index is 0.0172. The molecule has 0 atom stereocenters. The second-order valence-electron chi connectivity index (χ2n) is 3.55. The second-order valence-corrected chi connectivity index (χ2v) is 3.98. The van der Waals surface area contributed by atoms with E-state index in [0.29, 0.717) is 21.9 Å². The molecule has 0 saturated heterocycles. The van der Waals surface area contributed by atoms with E-state index in [-0.39, 0.29) is 6.61 Å². The molecule has 0 unspecified atom stereocenters. The van der Waals surface area contributed by atoms with Crippen molar-refractivity contribution in [3.8, 4) is 11.8 Å². The van der Waals surface area contributed by atoms with Gasteiger partial charge in [-0.1, -0.05) is 11.6 Å². The van der Waals surface area contributed by atoms with Crippen LogP contribution in [0.2, 0.25) is 5.02 Å². The number of hydrogen-bond donors (Lipinski definition) is 0. The maximum Gasteiger partial charge on any atom is 0.139 e. The van der Waals surface area contributed by atoms with Crippen molar-refractivity contribution in [2.75, 3.05) is 0 Å². The fourth-order valence-corrected chi connectivity index (χ4v) is 1.55. The molecule has 0 aliphatic carbocycles. The number of benzene rings is 1. The fourth-order valence-electron chi connectivity index (χ4n) is 1.39. The smallest absolute Gasteiger partial charge is 0.139 e. The van der Waals surface area contributed by atoms with E-state index in [1.165, 1.54) is 30.6 Å². The average Bonchev–Trinajstić information content (AvgIpc) is 2.38. The van der Waals surface area contributed by atoms with Crippen molar-refractivity contribution in [3.05, 3.63) is 58.6 Å². The number of pyridine rings is 1. The molecule has 5 heteroatoms. The third kappa shape index (κ3) is 2.96. The van der Waals surface area contributed by atoms with Crippen molar-refractivity contribution < 1.29 is 9.13 Å². The van der Waals surface area contributed by atoms with E-state index in [9.17, 15) is 4.39 Å². The van der Waals surface area contributed by atoms with Gasteiger partial charge in [0.25, 0.3) is 0 Å². The zero-order valence-electron chi connectivity index (χ0n) is 9.23. The number of hydrogen-bond acceptors (Lipinski definition) is 3. The third-order valence-electron chi connectivity index (χ3n) is 2.25. The van der Waals surface area contributed by atoms with E-state index in [2.05, 4.69) is 4.98 Å². The van der Waals surface area contributed by atoms with Gasteiger partial charge >= 0.3 is 0 Å². The van der Waals surface area contributed by atoms with Crippen LogP contribution in [0.15, 0.2) is 36.7 Å². The summed E-state index contributed by atoms with van der Waals surface area (Å²) in [4.78, 5) is 3.85. The van der Waals surface area contributed by atoms with E-state index < -0.39 is 5.82 Å². The van der Waals surface area contributed by atoms with Crippen molar-refractivity contribution in [2.45, 2.75) is 6.61 Å². The Balaban J connectivity index is 2.13. The van der Waals surface area contributed by atoms with Gasteiger partial charge in [0, 0.05) is 17.8 Å². The van der Waals surface area contributed by atoms with Crippen molar-refractivity contribution in [3.63, 3.8) is 0 Å². The van der Waals surface area contributed by atoms with E-state index in [1.807, 2.05) is 6.07 Å². The van der Waals surface area contributed by atoms with Crippen LogP contribution in [0.25, 0.3) is 0 Å². The van der Waals surface area contributed by atoms with Crippen LogP contribution in [0.4, 0.5) is 4.39 Å². The summed E-state index contributed by atoms with van der Waals surface area (Å²) in [5.41, 5.74) is 0.702. The number of nitrogens with zero attached hydrogens (tertiary/aromatic N) is 2. The van der Waals surface area contributed by atoms with Crippen LogP contribution in [0.5, 0.6) is 5.75 Å². The molecule has 90 valence electrons. The molecule has 0 radical (unpaired) electrons. The van der Waals surface area contributed by atoms with Crippen LogP contribution >= 0.6 is 11.6 Å². The molecule has 1 heterocycles. The minimum Gasteiger partial charge on any atom is -0.487 e. The number of halogens is 2. The topological polar surface area (TPSA) is 45.9 Å². The lowest BCUT2D eigenvalue weighted by atomic mass is 10.1. The van der Waals surface area contributed by atoms with Gasteiger partial charge in [-0.15, -0.1) is 0 Å². The van der Waals surface area contributed by atoms with Gasteiger partial charge in [0.1, 0.15) is 18.2 Å². The monoisotopic (exact) mass is 262 g/mol. The van der Waals surface area contributed by atoms with Gasteiger partial charge in [-0.25, -0.2) is 4.39 Å². The maximum atomic E-state index is 13.5. The Labute approximate surface area is 108 Å². The predicted octanol–water partition coefficient (Wildman–Crippen LogP) is 3.32. The molecule has 1 aromatic carbocycles. The Hall–Kier alpha value is -2.12. The molecule has 0 saturated carbocycles. The highest BCUT2D eigenvalue weighted by Gasteiger charge is 2.05. The molecule has 0 fully saturated rings. The first-order valence-corrected chi connectivity index (χ1v) is 5.49. The van der Waals surface area contributed by atoms with Crippen LogP contribution in [0.3, 0.4) is 0 Å². The normalized spacial score (nSPS) is 9.83. The Morgan fingerprint density at radius 3 is 2.89 bits per heavy atom. The summed E-state index contributed by atoms with van der Waals surface area (Å²) in [6, 6.07) is 7.64. The predicted molar refractivity (Wildman–Crippen MR) is 64.7 cm³/mol. The summed E-state index contributed by atoms with van der Waals surface area (Å²) in [6.07, 6.45) is 2.96. The highest BCUT2D eigenvalue weighted by molar-refractivity contribution is 6.30. The SMILES string of the molecule is N#Cc1ccc(F)c(COc2cncc(Cl)c2)c1. The zero-order chi connectivity index (χ0) is 13.0. The summed E-state index contributed by atoms with van der Waals surface area (Å²) in [6.45, 7) is 0.0172. The Morgan fingerprint density at radius 1 is 1.33 bits per heavy atom. The summed E-state index contributed by atoms with van der Waals surface area (Å²) in [7, 11) is 0. The molecule has 0 bridgehead atoms. The van der Waals surface area contributed by atoms with Gasteiger partial charge in [-0.3, -0.25) is 4.98 Å². The molecular weight excluding hydrogens is 255 g/mol. The quantitative estimate of drug-likeness (QED) is 0.852. The van der Waals surface area contributed by atoms with Crippen LogP contribution in [-0.2, 0) is 6.61 Å². The highest BCUT2D eigenvalue weighted by Crippen LogP contribution is 2.18. The second kappa shape index (κ2) is 5.48. The van der Waals surface area contributed by atoms with Gasteiger partial charge in [0.2, 0.25) is 0 Å². The molecule has 0 aliphatic heterocycles. The van der Waals surface area contributed by atoms with Crippen LogP contribution in [-0.4, -0.2) is 4.98 Å². The van der Waals surface area contributed by atoms with Crippen LogP contribution < -0.4 is 4.74 Å². The first-order valence-electron chi connectivity index (χ1n) is 5.11. The molecule has 0 amide bonds. The van der Waals surface area contributed by atoms with Crippen molar-refractivity contribution in [1.82, 2.24) is 4.98 Å². The van der Waals surface area contributed by atoms with Gasteiger partial charge < -0.3 is 4.74 Å². The molecule has 0 spiro atoms. The molecule has 2 aromatic rings. The van der Waals surface area contributed by atoms with Gasteiger partial charge in [-0.05, 0) is 18.2 Å². The molecule has 0 N–H and O–H groups in total. The van der Waals surface area contributed by atoms with E-state index in [1.54, 1.807) is 6.07 Å². The summed E-state index contributed by atoms with van der Waals surface area (Å²) in [5, 5.41) is 9.18. The minimum atomic E-state index is -0.413. The molecule has 0 aliphatic rings. The maximum absolute atomic E-state index is 13.5. The first kappa shape index (κ1) is 12.3. The summed E-state index contributed by atoms with van der Waals surface area (Å²) in [5.74, 6) is 0.0354. The number of aromatic nitrogens is 1. The molecule has 3 nitrogen and oxygen atoms in total. The first-order chi connectivity index (χ1) is 8.69. The fraction of sp³-hybridized carbons (Fsp3) is 0.0769.